The van der Waals surface area contributed by atoms with Gasteiger partial charge in [0.25, 0.3) is 6.43 Å². The molecule has 2 N–H and O–H groups in total. The number of hydrogen-bond acceptors (Lipinski definition) is 1. The van der Waals surface area contributed by atoms with Gasteiger partial charge in [0.05, 0.1) is 0 Å². The summed E-state index contributed by atoms with van der Waals surface area (Å²) in [6.07, 6.45) is -2.62. The molecule has 4 heteroatoms. The topological polar surface area (TPSA) is 26.0 Å². The van der Waals surface area contributed by atoms with Crippen LogP contribution in [0.5, 0.6) is 0 Å². The summed E-state index contributed by atoms with van der Waals surface area (Å²) in [5.74, 6) is -0.444. The molecule has 0 saturated carbocycles. The van der Waals surface area contributed by atoms with Crippen LogP contribution in [0.1, 0.15) is 17.6 Å². The van der Waals surface area contributed by atoms with E-state index >= 15 is 0 Å². The largest absolute Gasteiger partial charge is 0.399 e. The highest BCUT2D eigenvalue weighted by Crippen LogP contribution is 2.30. The van der Waals surface area contributed by atoms with Crippen molar-refractivity contribution in [1.82, 2.24) is 0 Å². The Bertz CT molecular complexity index is 579. The van der Waals surface area contributed by atoms with E-state index in [1.807, 2.05) is 0 Å². The summed E-state index contributed by atoms with van der Waals surface area (Å²) in [6.45, 7) is 1.76. The normalized spacial score (nSPS) is 10.9. The highest BCUT2D eigenvalue weighted by Gasteiger charge is 2.12. The third-order valence-electron chi connectivity index (χ3n) is 2.67. The van der Waals surface area contributed by atoms with E-state index in [0.29, 0.717) is 5.56 Å². The van der Waals surface area contributed by atoms with E-state index in [1.54, 1.807) is 19.1 Å². The lowest BCUT2D eigenvalue weighted by molar-refractivity contribution is 0.151. The fourth-order valence-corrected chi connectivity index (χ4v) is 1.81. The number of hydrogen-bond donors (Lipinski definition) is 1. The van der Waals surface area contributed by atoms with Gasteiger partial charge in [-0.15, -0.1) is 0 Å². The van der Waals surface area contributed by atoms with E-state index in [1.165, 1.54) is 24.3 Å². The fourth-order valence-electron chi connectivity index (χ4n) is 1.81. The summed E-state index contributed by atoms with van der Waals surface area (Å²) >= 11 is 0. The Morgan fingerprint density at radius 2 is 1.78 bits per heavy atom. The summed E-state index contributed by atoms with van der Waals surface area (Å²) in [6, 6.07) is 8.59. The Kier molecular flexibility index (Phi) is 3.28. The molecule has 2 aromatic carbocycles. The summed E-state index contributed by atoms with van der Waals surface area (Å²) in [7, 11) is 0. The van der Waals surface area contributed by atoms with Crippen molar-refractivity contribution in [3.05, 3.63) is 53.3 Å². The maximum absolute atomic E-state index is 13.8. The number of alkyl halides is 2. The molecule has 0 bridgehead atoms. The van der Waals surface area contributed by atoms with Gasteiger partial charge in [0.1, 0.15) is 5.82 Å². The summed E-state index contributed by atoms with van der Waals surface area (Å²) < 4.78 is 39.1. The number of aryl methyl sites for hydroxylation is 1. The van der Waals surface area contributed by atoms with Crippen molar-refractivity contribution in [2.75, 3.05) is 5.73 Å². The number of nitrogen functional groups attached to an aromatic ring is 1. The molecule has 0 aliphatic rings. The molecule has 2 rings (SSSR count). The first kappa shape index (κ1) is 12.5. The molecule has 0 aromatic heterocycles. The minimum absolute atomic E-state index is 0.197. The Balaban J connectivity index is 2.56. The Morgan fingerprint density at radius 3 is 2.39 bits per heavy atom. The average molecular weight is 251 g/mol. The molecule has 0 radical (unpaired) electrons. The van der Waals surface area contributed by atoms with Crippen LogP contribution in [0.4, 0.5) is 18.9 Å². The van der Waals surface area contributed by atoms with Crippen LogP contribution in [0.15, 0.2) is 36.4 Å². The van der Waals surface area contributed by atoms with Gasteiger partial charge in [0.2, 0.25) is 0 Å². The molecule has 0 amide bonds. The van der Waals surface area contributed by atoms with Gasteiger partial charge < -0.3 is 5.73 Å². The first-order valence-electron chi connectivity index (χ1n) is 5.42. The van der Waals surface area contributed by atoms with Gasteiger partial charge >= 0.3 is 0 Å². The monoisotopic (exact) mass is 251 g/mol. The van der Waals surface area contributed by atoms with Crippen LogP contribution < -0.4 is 5.73 Å². The highest BCUT2D eigenvalue weighted by molar-refractivity contribution is 5.69. The Labute approximate surface area is 103 Å². The minimum Gasteiger partial charge on any atom is -0.399 e. The molecule has 0 heterocycles. The second kappa shape index (κ2) is 4.72. The van der Waals surface area contributed by atoms with E-state index in [4.69, 9.17) is 5.73 Å². The molecule has 0 fully saturated rings. The zero-order valence-corrected chi connectivity index (χ0v) is 9.75. The second-order valence-corrected chi connectivity index (χ2v) is 4.17. The van der Waals surface area contributed by atoms with Crippen LogP contribution in [0.25, 0.3) is 11.1 Å². The predicted molar refractivity (Wildman–Crippen MR) is 65.9 cm³/mol. The van der Waals surface area contributed by atoms with Gasteiger partial charge in [-0.3, -0.25) is 0 Å². The third-order valence-corrected chi connectivity index (χ3v) is 2.67. The number of rotatable bonds is 2. The highest BCUT2D eigenvalue weighted by atomic mass is 19.3. The summed E-state index contributed by atoms with van der Waals surface area (Å²) in [4.78, 5) is 0. The molecule has 1 nitrogen and oxygen atoms in total. The van der Waals surface area contributed by atoms with Crippen LogP contribution in [0.2, 0.25) is 0 Å². The Morgan fingerprint density at radius 1 is 1.06 bits per heavy atom. The van der Waals surface area contributed by atoms with Crippen molar-refractivity contribution >= 4 is 5.69 Å². The lowest BCUT2D eigenvalue weighted by Gasteiger charge is -2.08. The number of benzene rings is 2. The van der Waals surface area contributed by atoms with Crippen molar-refractivity contribution in [3.63, 3.8) is 0 Å². The third kappa shape index (κ3) is 2.47. The molecule has 0 atom stereocenters. The van der Waals surface area contributed by atoms with Crippen LogP contribution >= 0.6 is 0 Å². The van der Waals surface area contributed by atoms with Gasteiger partial charge in [-0.2, -0.15) is 0 Å². The standard InChI is InChI=1S/C14H12F3N/c1-8-2-3-12(13(15)4-8)9-5-10(14(16)17)7-11(18)6-9/h2-7,14H,18H2,1H3. The lowest BCUT2D eigenvalue weighted by Crippen LogP contribution is -1.93. The summed E-state index contributed by atoms with van der Waals surface area (Å²) in [5.41, 5.74) is 6.96. The molecule has 18 heavy (non-hydrogen) atoms. The average Bonchev–Trinajstić information content (AvgIpc) is 2.27. The summed E-state index contributed by atoms with van der Waals surface area (Å²) in [5, 5.41) is 0. The van der Waals surface area contributed by atoms with Crippen LogP contribution in [-0.4, -0.2) is 0 Å². The van der Waals surface area contributed by atoms with E-state index in [9.17, 15) is 13.2 Å². The second-order valence-electron chi connectivity index (χ2n) is 4.17. The number of nitrogens with two attached hydrogens (primary N) is 1. The first-order valence-corrected chi connectivity index (χ1v) is 5.42. The van der Waals surface area contributed by atoms with E-state index in [2.05, 4.69) is 0 Å². The van der Waals surface area contributed by atoms with Gasteiger partial charge in [0.15, 0.2) is 0 Å². The van der Waals surface area contributed by atoms with Gasteiger partial charge in [-0.25, -0.2) is 13.2 Å². The maximum atomic E-state index is 13.8. The molecular weight excluding hydrogens is 239 g/mol. The van der Waals surface area contributed by atoms with E-state index in [-0.39, 0.29) is 16.8 Å². The predicted octanol–water partition coefficient (Wildman–Crippen LogP) is 4.32. The minimum atomic E-state index is -2.62. The molecule has 0 aliphatic heterocycles. The van der Waals surface area contributed by atoms with Crippen LogP contribution in [0, 0.1) is 12.7 Å². The number of halogens is 3. The molecule has 0 unspecified atom stereocenters. The van der Waals surface area contributed by atoms with Gasteiger partial charge in [-0.05, 0) is 42.3 Å². The zero-order valence-electron chi connectivity index (χ0n) is 9.75. The van der Waals surface area contributed by atoms with Crippen LogP contribution in [0.3, 0.4) is 0 Å². The molecule has 2 aromatic rings. The van der Waals surface area contributed by atoms with Crippen molar-refractivity contribution < 1.29 is 13.2 Å². The Hall–Kier alpha value is -1.97. The zero-order chi connectivity index (χ0) is 13.3. The van der Waals surface area contributed by atoms with E-state index in [0.717, 1.165) is 5.56 Å². The first-order chi connectivity index (χ1) is 8.47. The number of anilines is 1. The van der Waals surface area contributed by atoms with E-state index < -0.39 is 12.2 Å². The molecule has 0 aliphatic carbocycles. The maximum Gasteiger partial charge on any atom is 0.263 e. The molecular formula is C14H12F3N. The smallest absolute Gasteiger partial charge is 0.263 e. The SMILES string of the molecule is Cc1ccc(-c2cc(N)cc(C(F)F)c2)c(F)c1. The fraction of sp³-hybridized carbons (Fsp3) is 0.143. The van der Waals surface area contributed by atoms with Crippen molar-refractivity contribution in [2.45, 2.75) is 13.3 Å². The molecule has 94 valence electrons. The van der Waals surface area contributed by atoms with Crippen LogP contribution in [-0.2, 0) is 0 Å². The van der Waals surface area contributed by atoms with Crippen molar-refractivity contribution in [3.8, 4) is 11.1 Å². The molecule has 0 spiro atoms. The van der Waals surface area contributed by atoms with Gasteiger partial charge in [-0.1, -0.05) is 12.1 Å². The van der Waals surface area contributed by atoms with Gasteiger partial charge in [0, 0.05) is 16.8 Å². The lowest BCUT2D eigenvalue weighted by atomic mass is 10.0. The quantitative estimate of drug-likeness (QED) is 0.790. The molecule has 0 saturated heterocycles. The van der Waals surface area contributed by atoms with Crippen molar-refractivity contribution in [1.29, 1.82) is 0 Å². The van der Waals surface area contributed by atoms with Crippen molar-refractivity contribution in [2.24, 2.45) is 0 Å².